The van der Waals surface area contributed by atoms with Crippen LogP contribution in [0, 0.1) is 11.3 Å². The molecule has 1 aromatic heterocycles. The third kappa shape index (κ3) is 1.98. The van der Waals surface area contributed by atoms with E-state index in [9.17, 15) is 10.1 Å². The van der Waals surface area contributed by atoms with Gasteiger partial charge in [0, 0.05) is 5.02 Å². The summed E-state index contributed by atoms with van der Waals surface area (Å²) in [4.78, 5) is 13.9. The first-order chi connectivity index (χ1) is 9.70. The van der Waals surface area contributed by atoms with Crippen LogP contribution in [0.5, 0.6) is 0 Å². The number of furan rings is 1. The monoisotopic (exact) mass is 284 g/mol. The van der Waals surface area contributed by atoms with Crippen molar-refractivity contribution in [3.05, 3.63) is 59.0 Å². The Balaban J connectivity index is 2.10. The fourth-order valence-corrected chi connectivity index (χ4v) is 2.34. The molecule has 3 rings (SSSR count). The number of benzene rings is 1. The molecule has 0 saturated heterocycles. The van der Waals surface area contributed by atoms with Crippen LogP contribution in [0.2, 0.25) is 5.02 Å². The van der Waals surface area contributed by atoms with Crippen LogP contribution in [0.15, 0.2) is 47.1 Å². The lowest BCUT2D eigenvalue weighted by Gasteiger charge is -2.29. The summed E-state index contributed by atoms with van der Waals surface area (Å²) in [5.74, 6) is -0.157. The second kappa shape index (κ2) is 4.87. The number of nitriles is 1. The van der Waals surface area contributed by atoms with Crippen molar-refractivity contribution in [2.24, 2.45) is 0 Å². The van der Waals surface area contributed by atoms with Crippen molar-refractivity contribution in [3.8, 4) is 6.07 Å². The lowest BCUT2D eigenvalue weighted by molar-refractivity contribution is 0.0958. The molecule has 1 atom stereocenters. The van der Waals surface area contributed by atoms with Crippen molar-refractivity contribution >= 4 is 29.3 Å². The number of halogens is 1. The highest BCUT2D eigenvalue weighted by Gasteiger charge is 2.30. The molecule has 2 aromatic rings. The van der Waals surface area contributed by atoms with Crippen molar-refractivity contribution in [2.45, 2.75) is 6.04 Å². The van der Waals surface area contributed by atoms with E-state index >= 15 is 0 Å². The van der Waals surface area contributed by atoms with E-state index in [0.717, 1.165) is 5.56 Å². The largest absolute Gasteiger partial charge is 0.459 e. The van der Waals surface area contributed by atoms with E-state index in [1.54, 1.807) is 42.5 Å². The van der Waals surface area contributed by atoms with Gasteiger partial charge in [-0.1, -0.05) is 17.7 Å². The van der Waals surface area contributed by atoms with Crippen LogP contribution in [0.1, 0.15) is 16.1 Å². The van der Waals surface area contributed by atoms with E-state index in [0.29, 0.717) is 10.7 Å². The topological polar surface area (TPSA) is 57.2 Å². The van der Waals surface area contributed by atoms with Crippen LogP contribution in [0.4, 0.5) is 5.69 Å². The van der Waals surface area contributed by atoms with Crippen LogP contribution in [0.25, 0.3) is 6.08 Å². The number of anilines is 1. The molecular weight excluding hydrogens is 276 g/mol. The van der Waals surface area contributed by atoms with Gasteiger partial charge in [0.2, 0.25) is 0 Å². The second-order valence-corrected chi connectivity index (χ2v) is 4.73. The molecule has 1 unspecified atom stereocenters. The predicted octanol–water partition coefficient (Wildman–Crippen LogP) is 3.50. The molecule has 1 aliphatic rings. The minimum Gasteiger partial charge on any atom is -0.459 e. The third-order valence-electron chi connectivity index (χ3n) is 3.07. The molecule has 1 amide bonds. The highest BCUT2D eigenvalue weighted by molar-refractivity contribution is 6.31. The molecule has 1 aromatic carbocycles. The first kappa shape index (κ1) is 12.5. The van der Waals surface area contributed by atoms with Crippen molar-refractivity contribution in [3.63, 3.8) is 0 Å². The van der Waals surface area contributed by atoms with Gasteiger partial charge in [-0.25, -0.2) is 0 Å². The van der Waals surface area contributed by atoms with Gasteiger partial charge < -0.3 is 4.42 Å². The van der Waals surface area contributed by atoms with Gasteiger partial charge >= 0.3 is 0 Å². The van der Waals surface area contributed by atoms with E-state index in [4.69, 9.17) is 16.0 Å². The first-order valence-corrected chi connectivity index (χ1v) is 6.33. The van der Waals surface area contributed by atoms with Crippen LogP contribution < -0.4 is 4.90 Å². The standard InChI is InChI=1S/C15H9ClN2O2/c16-11-4-6-13-10(8-11)3-5-12(9-17)18(13)15(19)14-2-1-7-20-14/h1-8,12H. The number of carbonyl (C=O) groups is 1. The van der Waals surface area contributed by atoms with E-state index in [-0.39, 0.29) is 11.7 Å². The van der Waals surface area contributed by atoms with Crippen molar-refractivity contribution in [2.75, 3.05) is 4.90 Å². The number of hydrogen-bond acceptors (Lipinski definition) is 3. The zero-order valence-corrected chi connectivity index (χ0v) is 11.0. The fraction of sp³-hybridized carbons (Fsp3) is 0.0667. The Morgan fingerprint density at radius 2 is 2.25 bits per heavy atom. The van der Waals surface area contributed by atoms with Gasteiger partial charge in [0.15, 0.2) is 5.76 Å². The van der Waals surface area contributed by atoms with Crippen LogP contribution >= 0.6 is 11.6 Å². The van der Waals surface area contributed by atoms with Crippen LogP contribution in [0.3, 0.4) is 0 Å². The highest BCUT2D eigenvalue weighted by atomic mass is 35.5. The lowest BCUT2D eigenvalue weighted by Crippen LogP contribution is -2.40. The molecule has 1 aliphatic heterocycles. The highest BCUT2D eigenvalue weighted by Crippen LogP contribution is 2.32. The molecule has 20 heavy (non-hydrogen) atoms. The Kier molecular flexibility index (Phi) is 3.05. The fourth-order valence-electron chi connectivity index (χ4n) is 2.16. The maximum atomic E-state index is 12.5. The van der Waals surface area contributed by atoms with Crippen LogP contribution in [-0.2, 0) is 0 Å². The van der Waals surface area contributed by atoms with Gasteiger partial charge in [0.05, 0.1) is 18.0 Å². The SMILES string of the molecule is N#CC1C=Cc2cc(Cl)ccc2N1C(=O)c1ccco1. The summed E-state index contributed by atoms with van der Waals surface area (Å²) in [6, 6.07) is 9.81. The molecule has 0 bridgehead atoms. The molecule has 0 radical (unpaired) electrons. The number of amides is 1. The normalized spacial score (nSPS) is 16.6. The summed E-state index contributed by atoms with van der Waals surface area (Å²) in [5.41, 5.74) is 1.44. The van der Waals surface area contributed by atoms with E-state index in [2.05, 4.69) is 6.07 Å². The van der Waals surface area contributed by atoms with Gasteiger partial charge in [-0.05, 0) is 42.0 Å². The van der Waals surface area contributed by atoms with E-state index in [1.807, 2.05) is 0 Å². The van der Waals surface area contributed by atoms with E-state index in [1.165, 1.54) is 11.2 Å². The molecule has 0 N–H and O–H groups in total. The van der Waals surface area contributed by atoms with Gasteiger partial charge in [-0.2, -0.15) is 5.26 Å². The maximum Gasteiger partial charge on any atom is 0.295 e. The van der Waals surface area contributed by atoms with Crippen molar-refractivity contribution in [1.82, 2.24) is 0 Å². The second-order valence-electron chi connectivity index (χ2n) is 4.29. The predicted molar refractivity (Wildman–Crippen MR) is 75.4 cm³/mol. The van der Waals surface area contributed by atoms with E-state index < -0.39 is 6.04 Å². The molecule has 5 heteroatoms. The quantitative estimate of drug-likeness (QED) is 0.805. The maximum absolute atomic E-state index is 12.5. The zero-order chi connectivity index (χ0) is 14.1. The lowest BCUT2D eigenvalue weighted by atomic mass is 10.0. The van der Waals surface area contributed by atoms with Gasteiger partial charge in [0.1, 0.15) is 6.04 Å². The molecule has 0 fully saturated rings. The Bertz CT molecular complexity index is 729. The molecule has 0 spiro atoms. The molecule has 2 heterocycles. The molecule has 98 valence electrons. The number of nitrogens with zero attached hydrogens (tertiary/aromatic N) is 2. The van der Waals surface area contributed by atoms with Gasteiger partial charge in [0.25, 0.3) is 5.91 Å². The molecular formula is C15H9ClN2O2. The number of rotatable bonds is 1. The Hall–Kier alpha value is -2.51. The number of fused-ring (bicyclic) bond motifs is 1. The molecule has 0 aliphatic carbocycles. The summed E-state index contributed by atoms with van der Waals surface area (Å²) < 4.78 is 5.13. The third-order valence-corrected chi connectivity index (χ3v) is 3.30. The number of carbonyl (C=O) groups excluding carboxylic acids is 1. The number of hydrogen-bond donors (Lipinski definition) is 0. The molecule has 4 nitrogen and oxygen atoms in total. The van der Waals surface area contributed by atoms with Crippen molar-refractivity contribution in [1.29, 1.82) is 5.26 Å². The van der Waals surface area contributed by atoms with Crippen LogP contribution in [-0.4, -0.2) is 11.9 Å². The zero-order valence-electron chi connectivity index (χ0n) is 10.3. The minimum absolute atomic E-state index is 0.196. The average molecular weight is 285 g/mol. The summed E-state index contributed by atoms with van der Waals surface area (Å²) in [6.07, 6.45) is 4.89. The Labute approximate surface area is 120 Å². The van der Waals surface area contributed by atoms with Gasteiger partial charge in [-0.15, -0.1) is 0 Å². The summed E-state index contributed by atoms with van der Waals surface area (Å²) in [5, 5.41) is 9.81. The first-order valence-electron chi connectivity index (χ1n) is 5.95. The minimum atomic E-state index is -0.665. The smallest absolute Gasteiger partial charge is 0.295 e. The summed E-state index contributed by atoms with van der Waals surface area (Å²) in [6.45, 7) is 0. The average Bonchev–Trinajstić information content (AvgIpc) is 2.99. The Morgan fingerprint density at radius 3 is 2.95 bits per heavy atom. The molecule has 0 saturated carbocycles. The summed E-state index contributed by atoms with van der Waals surface area (Å²) in [7, 11) is 0. The van der Waals surface area contributed by atoms with Gasteiger partial charge in [-0.3, -0.25) is 9.69 Å². The Morgan fingerprint density at radius 1 is 1.40 bits per heavy atom. The van der Waals surface area contributed by atoms with Crippen molar-refractivity contribution < 1.29 is 9.21 Å². The summed E-state index contributed by atoms with van der Waals surface area (Å²) >= 11 is 5.95.